The first-order chi connectivity index (χ1) is 9.17. The van der Waals surface area contributed by atoms with Gasteiger partial charge in [-0.1, -0.05) is 19.0 Å². The van der Waals surface area contributed by atoms with Crippen molar-refractivity contribution in [3.05, 3.63) is 36.0 Å². The van der Waals surface area contributed by atoms with Crippen LogP contribution in [0.15, 0.2) is 28.8 Å². The highest BCUT2D eigenvalue weighted by Gasteiger charge is 2.08. The van der Waals surface area contributed by atoms with E-state index in [1.165, 1.54) is 0 Å². The van der Waals surface area contributed by atoms with Gasteiger partial charge in [0.1, 0.15) is 5.75 Å². The molecule has 1 aromatic carbocycles. The van der Waals surface area contributed by atoms with E-state index >= 15 is 0 Å². The van der Waals surface area contributed by atoms with Crippen molar-refractivity contribution in [2.75, 3.05) is 12.4 Å². The molecular formula is C14H19N3O2. The Bertz CT molecular complexity index is 506. The van der Waals surface area contributed by atoms with Crippen molar-refractivity contribution in [3.63, 3.8) is 0 Å². The van der Waals surface area contributed by atoms with Gasteiger partial charge in [-0.25, -0.2) is 0 Å². The summed E-state index contributed by atoms with van der Waals surface area (Å²) in [5.41, 5.74) is 1.05. The van der Waals surface area contributed by atoms with Gasteiger partial charge in [-0.3, -0.25) is 0 Å². The molecule has 0 aliphatic rings. The topological polar surface area (TPSA) is 60.2 Å². The third kappa shape index (κ3) is 3.98. The van der Waals surface area contributed by atoms with Crippen molar-refractivity contribution in [2.24, 2.45) is 5.92 Å². The molecule has 0 saturated heterocycles. The van der Waals surface area contributed by atoms with Crippen molar-refractivity contribution in [3.8, 4) is 5.75 Å². The number of nitrogens with zero attached hydrogens (tertiary/aromatic N) is 2. The predicted molar refractivity (Wildman–Crippen MR) is 73.2 cm³/mol. The number of anilines is 1. The van der Waals surface area contributed by atoms with Crippen LogP contribution < -0.4 is 10.1 Å². The molecule has 0 saturated carbocycles. The molecule has 1 heterocycles. The second kappa shape index (κ2) is 6.22. The van der Waals surface area contributed by atoms with E-state index in [2.05, 4.69) is 29.3 Å². The average molecular weight is 261 g/mol. The molecule has 0 atom stereocenters. The Morgan fingerprint density at radius 3 is 2.63 bits per heavy atom. The zero-order chi connectivity index (χ0) is 13.7. The summed E-state index contributed by atoms with van der Waals surface area (Å²) in [6.45, 7) is 4.54. The van der Waals surface area contributed by atoms with E-state index in [9.17, 15) is 0 Å². The smallest absolute Gasteiger partial charge is 0.264 e. The molecule has 0 spiro atoms. The molecule has 0 aliphatic heterocycles. The summed E-state index contributed by atoms with van der Waals surface area (Å²) in [5, 5.41) is 6.97. The molecule has 1 N–H and O–H groups in total. The lowest BCUT2D eigenvalue weighted by atomic mass is 10.1. The summed E-state index contributed by atoms with van der Waals surface area (Å²) in [5.74, 6) is 2.54. The van der Waals surface area contributed by atoms with Gasteiger partial charge >= 0.3 is 0 Å². The number of hydrogen-bond donors (Lipinski definition) is 1. The lowest BCUT2D eigenvalue weighted by molar-refractivity contribution is 0.242. The van der Waals surface area contributed by atoms with Crippen molar-refractivity contribution in [2.45, 2.75) is 26.9 Å². The third-order valence-electron chi connectivity index (χ3n) is 2.61. The van der Waals surface area contributed by atoms with Gasteiger partial charge in [0.25, 0.3) is 5.89 Å². The van der Waals surface area contributed by atoms with E-state index in [1.54, 1.807) is 0 Å². The van der Waals surface area contributed by atoms with Crippen LogP contribution in [0.3, 0.4) is 0 Å². The number of benzene rings is 1. The highest BCUT2D eigenvalue weighted by Crippen LogP contribution is 2.16. The highest BCUT2D eigenvalue weighted by molar-refractivity contribution is 5.45. The lowest BCUT2D eigenvalue weighted by Crippen LogP contribution is -1.98. The molecule has 0 bridgehead atoms. The van der Waals surface area contributed by atoms with Gasteiger partial charge in [0.05, 0.1) is 0 Å². The summed E-state index contributed by atoms with van der Waals surface area (Å²) in [6.07, 6.45) is 0.820. The van der Waals surface area contributed by atoms with E-state index in [-0.39, 0.29) is 0 Å². The molecule has 0 aliphatic carbocycles. The molecule has 0 fully saturated rings. The fourth-order valence-corrected chi connectivity index (χ4v) is 1.66. The zero-order valence-electron chi connectivity index (χ0n) is 11.5. The second-order valence-corrected chi connectivity index (χ2v) is 4.77. The maximum Gasteiger partial charge on any atom is 0.264 e. The van der Waals surface area contributed by atoms with Crippen LogP contribution in [-0.2, 0) is 13.0 Å². The van der Waals surface area contributed by atoms with Crippen LogP contribution in [0.5, 0.6) is 5.75 Å². The number of rotatable bonds is 6. The Kier molecular flexibility index (Phi) is 4.39. The molecule has 1 aromatic heterocycles. The molecule has 0 radical (unpaired) electrons. The molecule has 102 valence electrons. The van der Waals surface area contributed by atoms with Crippen LogP contribution in [0, 0.1) is 5.92 Å². The average Bonchev–Trinajstić information content (AvgIpc) is 2.84. The van der Waals surface area contributed by atoms with Crippen LogP contribution >= 0.6 is 0 Å². The third-order valence-corrected chi connectivity index (χ3v) is 2.61. The van der Waals surface area contributed by atoms with Gasteiger partial charge in [0.15, 0.2) is 12.4 Å². The molecule has 2 aromatic rings. The van der Waals surface area contributed by atoms with E-state index in [0.717, 1.165) is 23.7 Å². The number of ether oxygens (including phenoxy) is 1. The summed E-state index contributed by atoms with van der Waals surface area (Å²) < 4.78 is 10.7. The Balaban J connectivity index is 1.89. The van der Waals surface area contributed by atoms with Crippen LogP contribution in [0.1, 0.15) is 25.6 Å². The number of nitrogens with one attached hydrogen (secondary N) is 1. The van der Waals surface area contributed by atoms with Crippen molar-refractivity contribution in [1.82, 2.24) is 10.1 Å². The fraction of sp³-hybridized carbons (Fsp3) is 0.429. The van der Waals surface area contributed by atoms with Crippen molar-refractivity contribution >= 4 is 5.69 Å². The minimum atomic E-state index is 0.296. The second-order valence-electron chi connectivity index (χ2n) is 4.77. The molecule has 0 unspecified atom stereocenters. The Hall–Kier alpha value is -2.04. The maximum absolute atomic E-state index is 5.59. The highest BCUT2D eigenvalue weighted by atomic mass is 16.5. The van der Waals surface area contributed by atoms with Crippen LogP contribution in [0.4, 0.5) is 5.69 Å². The van der Waals surface area contributed by atoms with Gasteiger partial charge in [0, 0.05) is 19.2 Å². The van der Waals surface area contributed by atoms with Gasteiger partial charge in [0.2, 0.25) is 0 Å². The standard InChI is InChI=1S/C14H19N3O2/c1-10(2)8-13-16-14(19-17-13)9-18-12-6-4-11(15-3)5-7-12/h4-7,10,15H,8-9H2,1-3H3. The largest absolute Gasteiger partial charge is 0.484 e. The number of aromatic nitrogens is 2. The Morgan fingerprint density at radius 2 is 2.00 bits per heavy atom. The van der Waals surface area contributed by atoms with Crippen LogP contribution in [0.2, 0.25) is 0 Å². The normalized spacial score (nSPS) is 10.7. The van der Waals surface area contributed by atoms with Gasteiger partial charge in [-0.15, -0.1) is 0 Å². The van der Waals surface area contributed by atoms with Crippen LogP contribution in [0.25, 0.3) is 0 Å². The van der Waals surface area contributed by atoms with E-state index in [1.807, 2.05) is 31.3 Å². The molecule has 19 heavy (non-hydrogen) atoms. The lowest BCUT2D eigenvalue weighted by Gasteiger charge is -2.04. The monoisotopic (exact) mass is 261 g/mol. The van der Waals surface area contributed by atoms with E-state index in [0.29, 0.717) is 18.4 Å². The Morgan fingerprint density at radius 1 is 1.26 bits per heavy atom. The summed E-state index contributed by atoms with van der Waals surface area (Å²) >= 11 is 0. The van der Waals surface area contributed by atoms with Gasteiger partial charge in [-0.05, 0) is 30.2 Å². The van der Waals surface area contributed by atoms with Crippen molar-refractivity contribution in [1.29, 1.82) is 0 Å². The fourth-order valence-electron chi connectivity index (χ4n) is 1.66. The first-order valence-corrected chi connectivity index (χ1v) is 6.39. The molecule has 5 nitrogen and oxygen atoms in total. The molecular weight excluding hydrogens is 242 g/mol. The van der Waals surface area contributed by atoms with Crippen molar-refractivity contribution < 1.29 is 9.26 Å². The minimum Gasteiger partial charge on any atom is -0.484 e. The van der Waals surface area contributed by atoms with Gasteiger partial charge in [-0.2, -0.15) is 4.98 Å². The van der Waals surface area contributed by atoms with Crippen LogP contribution in [-0.4, -0.2) is 17.2 Å². The van der Waals surface area contributed by atoms with E-state index < -0.39 is 0 Å². The molecule has 0 amide bonds. The number of hydrogen-bond acceptors (Lipinski definition) is 5. The predicted octanol–water partition coefficient (Wildman–Crippen LogP) is 2.89. The molecule has 2 rings (SSSR count). The summed E-state index contributed by atoms with van der Waals surface area (Å²) in [6, 6.07) is 7.70. The SMILES string of the molecule is CNc1ccc(OCc2nc(CC(C)C)no2)cc1. The first kappa shape index (κ1) is 13.4. The zero-order valence-corrected chi connectivity index (χ0v) is 11.5. The summed E-state index contributed by atoms with van der Waals surface area (Å²) in [7, 11) is 1.88. The van der Waals surface area contributed by atoms with E-state index in [4.69, 9.17) is 9.26 Å². The Labute approximate surface area is 113 Å². The quantitative estimate of drug-likeness (QED) is 0.866. The summed E-state index contributed by atoms with van der Waals surface area (Å²) in [4.78, 5) is 4.28. The minimum absolute atomic E-state index is 0.296. The maximum atomic E-state index is 5.59. The van der Waals surface area contributed by atoms with Gasteiger partial charge < -0.3 is 14.6 Å². The molecule has 5 heteroatoms. The first-order valence-electron chi connectivity index (χ1n) is 6.39.